The molecule has 1 aromatic heterocycles. The summed E-state index contributed by atoms with van der Waals surface area (Å²) < 4.78 is 1.83. The lowest BCUT2D eigenvalue weighted by Gasteiger charge is -2.21. The largest absolute Gasteiger partial charge is 0.396 e. The summed E-state index contributed by atoms with van der Waals surface area (Å²) in [6, 6.07) is 2.25. The SMILES string of the molecule is CCN(CCn1cc(N)cn1)CC(C)C#N. The van der Waals surface area contributed by atoms with Gasteiger partial charge in [0.05, 0.1) is 30.4 Å². The van der Waals surface area contributed by atoms with Crippen molar-refractivity contribution in [3.05, 3.63) is 12.4 Å². The van der Waals surface area contributed by atoms with Crippen LogP contribution in [0.5, 0.6) is 0 Å². The molecule has 0 saturated carbocycles. The van der Waals surface area contributed by atoms with Crippen LogP contribution in [0, 0.1) is 17.2 Å². The van der Waals surface area contributed by atoms with Crippen LogP contribution in [0.25, 0.3) is 0 Å². The number of nitrogens with zero attached hydrogens (tertiary/aromatic N) is 4. The predicted octanol–water partition coefficient (Wildman–Crippen LogP) is 0.947. The van der Waals surface area contributed by atoms with Gasteiger partial charge in [0.25, 0.3) is 0 Å². The fourth-order valence-electron chi connectivity index (χ4n) is 1.55. The molecular formula is C11H19N5. The van der Waals surface area contributed by atoms with Crippen LogP contribution in [-0.4, -0.2) is 34.3 Å². The highest BCUT2D eigenvalue weighted by Gasteiger charge is 2.07. The predicted molar refractivity (Wildman–Crippen MR) is 63.5 cm³/mol. The third-order valence-corrected chi connectivity index (χ3v) is 2.50. The molecule has 5 nitrogen and oxygen atoms in total. The first-order chi connectivity index (χ1) is 7.65. The zero-order chi connectivity index (χ0) is 12.0. The maximum Gasteiger partial charge on any atom is 0.0719 e. The van der Waals surface area contributed by atoms with Gasteiger partial charge in [-0.25, -0.2) is 0 Å². The molecule has 0 amide bonds. The van der Waals surface area contributed by atoms with E-state index in [0.717, 1.165) is 26.2 Å². The Morgan fingerprint density at radius 3 is 2.94 bits per heavy atom. The van der Waals surface area contributed by atoms with E-state index >= 15 is 0 Å². The normalized spacial score (nSPS) is 12.6. The average Bonchev–Trinajstić information content (AvgIpc) is 2.69. The Hall–Kier alpha value is -1.54. The molecule has 0 aromatic carbocycles. The summed E-state index contributed by atoms with van der Waals surface area (Å²) in [5, 5.41) is 12.9. The number of likely N-dealkylation sites (N-methyl/N-ethyl adjacent to an activating group) is 1. The number of nitrogens with two attached hydrogens (primary N) is 1. The molecule has 2 N–H and O–H groups in total. The van der Waals surface area contributed by atoms with Crippen molar-refractivity contribution in [1.29, 1.82) is 5.26 Å². The number of aromatic nitrogens is 2. The summed E-state index contributed by atoms with van der Waals surface area (Å²) in [5.41, 5.74) is 6.27. The Balaban J connectivity index is 2.37. The van der Waals surface area contributed by atoms with Crippen LogP contribution in [0.4, 0.5) is 5.69 Å². The van der Waals surface area contributed by atoms with Gasteiger partial charge in [-0.2, -0.15) is 10.4 Å². The van der Waals surface area contributed by atoms with Crippen LogP contribution in [-0.2, 0) is 6.54 Å². The van der Waals surface area contributed by atoms with E-state index < -0.39 is 0 Å². The van der Waals surface area contributed by atoms with Crippen LogP contribution in [0.1, 0.15) is 13.8 Å². The number of nitrogen functional groups attached to an aromatic ring is 1. The first-order valence-electron chi connectivity index (χ1n) is 5.55. The van der Waals surface area contributed by atoms with E-state index in [1.54, 1.807) is 6.20 Å². The van der Waals surface area contributed by atoms with Gasteiger partial charge in [0.2, 0.25) is 0 Å². The van der Waals surface area contributed by atoms with Crippen LogP contribution in [0.2, 0.25) is 0 Å². The topological polar surface area (TPSA) is 70.9 Å². The molecule has 0 spiro atoms. The Morgan fingerprint density at radius 1 is 1.69 bits per heavy atom. The van der Waals surface area contributed by atoms with Crippen molar-refractivity contribution in [1.82, 2.24) is 14.7 Å². The Kier molecular flexibility index (Phi) is 4.80. The molecule has 1 unspecified atom stereocenters. The van der Waals surface area contributed by atoms with Gasteiger partial charge >= 0.3 is 0 Å². The molecule has 0 saturated heterocycles. The average molecular weight is 221 g/mol. The van der Waals surface area contributed by atoms with E-state index in [1.807, 2.05) is 17.8 Å². The third-order valence-electron chi connectivity index (χ3n) is 2.50. The van der Waals surface area contributed by atoms with Crippen molar-refractivity contribution < 1.29 is 0 Å². The Morgan fingerprint density at radius 2 is 2.44 bits per heavy atom. The number of hydrogen-bond acceptors (Lipinski definition) is 4. The monoisotopic (exact) mass is 221 g/mol. The van der Waals surface area contributed by atoms with Gasteiger partial charge in [0.15, 0.2) is 0 Å². The quantitative estimate of drug-likeness (QED) is 0.776. The van der Waals surface area contributed by atoms with E-state index in [0.29, 0.717) is 5.69 Å². The summed E-state index contributed by atoms with van der Waals surface area (Å²) >= 11 is 0. The van der Waals surface area contributed by atoms with Crippen LogP contribution in [0.3, 0.4) is 0 Å². The van der Waals surface area contributed by atoms with Crippen molar-refractivity contribution in [3.8, 4) is 6.07 Å². The van der Waals surface area contributed by atoms with Crippen molar-refractivity contribution in [2.45, 2.75) is 20.4 Å². The molecule has 1 heterocycles. The van der Waals surface area contributed by atoms with E-state index in [9.17, 15) is 0 Å². The second-order valence-corrected chi connectivity index (χ2v) is 3.96. The van der Waals surface area contributed by atoms with E-state index in [2.05, 4.69) is 23.0 Å². The molecular weight excluding hydrogens is 202 g/mol. The third kappa shape index (κ3) is 3.91. The van der Waals surface area contributed by atoms with Crippen molar-refractivity contribution in [2.75, 3.05) is 25.4 Å². The number of rotatable bonds is 6. The number of nitriles is 1. The smallest absolute Gasteiger partial charge is 0.0719 e. The first-order valence-corrected chi connectivity index (χ1v) is 5.55. The van der Waals surface area contributed by atoms with Crippen LogP contribution in [0.15, 0.2) is 12.4 Å². The zero-order valence-corrected chi connectivity index (χ0v) is 9.93. The molecule has 1 rings (SSSR count). The van der Waals surface area contributed by atoms with Gasteiger partial charge in [-0.1, -0.05) is 6.92 Å². The van der Waals surface area contributed by atoms with Gasteiger partial charge in [0, 0.05) is 19.3 Å². The highest BCUT2D eigenvalue weighted by atomic mass is 15.3. The molecule has 16 heavy (non-hydrogen) atoms. The van der Waals surface area contributed by atoms with Crippen LogP contribution >= 0.6 is 0 Å². The minimum absolute atomic E-state index is 0.0719. The maximum atomic E-state index is 8.76. The maximum absolute atomic E-state index is 8.76. The molecule has 0 aliphatic carbocycles. The minimum Gasteiger partial charge on any atom is -0.396 e. The lowest BCUT2D eigenvalue weighted by atomic mass is 10.2. The summed E-state index contributed by atoms with van der Waals surface area (Å²) in [6.07, 6.45) is 3.47. The minimum atomic E-state index is 0.0719. The second kappa shape index (κ2) is 6.13. The van der Waals surface area contributed by atoms with E-state index in [-0.39, 0.29) is 5.92 Å². The molecule has 0 bridgehead atoms. The molecule has 0 fully saturated rings. The Labute approximate surface area is 96.5 Å². The molecule has 1 atom stereocenters. The molecule has 1 aromatic rings. The van der Waals surface area contributed by atoms with Crippen molar-refractivity contribution >= 4 is 5.69 Å². The van der Waals surface area contributed by atoms with Crippen molar-refractivity contribution in [3.63, 3.8) is 0 Å². The molecule has 0 aliphatic rings. The van der Waals surface area contributed by atoms with Gasteiger partial charge in [-0.3, -0.25) is 4.68 Å². The van der Waals surface area contributed by atoms with Gasteiger partial charge in [-0.15, -0.1) is 0 Å². The highest BCUT2D eigenvalue weighted by molar-refractivity contribution is 5.30. The standard InChI is InChI=1S/C11H19N5/c1-3-15(8-10(2)6-12)4-5-16-9-11(13)7-14-16/h7,9-10H,3-5,8,13H2,1-2H3. The summed E-state index contributed by atoms with van der Waals surface area (Å²) in [5.74, 6) is 0.0719. The molecule has 0 aliphatic heterocycles. The first kappa shape index (κ1) is 12.5. The van der Waals surface area contributed by atoms with Gasteiger partial charge in [0.1, 0.15) is 0 Å². The highest BCUT2D eigenvalue weighted by Crippen LogP contribution is 2.01. The second-order valence-electron chi connectivity index (χ2n) is 3.96. The number of anilines is 1. The molecule has 88 valence electrons. The lowest BCUT2D eigenvalue weighted by molar-refractivity contribution is 0.254. The zero-order valence-electron chi connectivity index (χ0n) is 9.93. The molecule has 5 heteroatoms. The summed E-state index contributed by atoms with van der Waals surface area (Å²) in [7, 11) is 0. The van der Waals surface area contributed by atoms with Crippen LogP contribution < -0.4 is 5.73 Å². The van der Waals surface area contributed by atoms with Gasteiger partial charge < -0.3 is 10.6 Å². The fourth-order valence-corrected chi connectivity index (χ4v) is 1.55. The fraction of sp³-hybridized carbons (Fsp3) is 0.636. The summed E-state index contributed by atoms with van der Waals surface area (Å²) in [4.78, 5) is 2.24. The van der Waals surface area contributed by atoms with Gasteiger partial charge in [-0.05, 0) is 13.5 Å². The van der Waals surface area contributed by atoms with Crippen molar-refractivity contribution in [2.24, 2.45) is 5.92 Å². The van der Waals surface area contributed by atoms with E-state index in [4.69, 9.17) is 11.0 Å². The number of hydrogen-bond donors (Lipinski definition) is 1. The van der Waals surface area contributed by atoms with E-state index in [1.165, 1.54) is 0 Å². The Bertz CT molecular complexity index is 352. The summed E-state index contributed by atoms with van der Waals surface area (Å²) in [6.45, 7) is 7.50. The molecule has 0 radical (unpaired) electrons. The lowest BCUT2D eigenvalue weighted by Crippen LogP contribution is -2.31.